The van der Waals surface area contributed by atoms with Crippen molar-refractivity contribution in [3.8, 4) is 5.75 Å². The first kappa shape index (κ1) is 24.7. The average Bonchev–Trinajstić information content (AvgIpc) is 3.27. The van der Waals surface area contributed by atoms with Gasteiger partial charge < -0.3 is 10.1 Å². The molecule has 1 amide bonds. The molecule has 0 saturated heterocycles. The Morgan fingerprint density at radius 2 is 1.77 bits per heavy atom. The van der Waals surface area contributed by atoms with Crippen LogP contribution in [0.2, 0.25) is 5.02 Å². The number of nitrogens with zero attached hydrogens (tertiary/aromatic N) is 2. The summed E-state index contributed by atoms with van der Waals surface area (Å²) in [4.78, 5) is 12.5. The van der Waals surface area contributed by atoms with E-state index in [1.54, 1.807) is 36.4 Å². The topological polar surface area (TPSA) is 56.2 Å². The third-order valence-corrected chi connectivity index (χ3v) is 5.71. The number of ether oxygens (including phenoxy) is 1. The number of amides is 1. The summed E-state index contributed by atoms with van der Waals surface area (Å²) in [6, 6.07) is 12.2. The van der Waals surface area contributed by atoms with Crippen molar-refractivity contribution in [2.75, 3.05) is 5.32 Å². The molecular weight excluding hydrogens is 554 g/mol. The monoisotopic (exact) mass is 567 g/mol. The summed E-state index contributed by atoms with van der Waals surface area (Å²) in [5, 5.41) is 6.97. The Kier molecular flexibility index (Phi) is 7.42. The highest BCUT2D eigenvalue weighted by molar-refractivity contribution is 9.10. The van der Waals surface area contributed by atoms with Crippen LogP contribution in [-0.2, 0) is 13.2 Å². The number of rotatable bonds is 7. The van der Waals surface area contributed by atoms with Gasteiger partial charge in [0.05, 0.1) is 23.5 Å². The maximum absolute atomic E-state index is 13.9. The molecule has 0 atom stereocenters. The van der Waals surface area contributed by atoms with E-state index in [9.17, 15) is 22.4 Å². The van der Waals surface area contributed by atoms with Crippen molar-refractivity contribution in [3.63, 3.8) is 0 Å². The van der Waals surface area contributed by atoms with Gasteiger partial charge in [-0.2, -0.15) is 5.10 Å². The van der Waals surface area contributed by atoms with Gasteiger partial charge in [0.1, 0.15) is 18.2 Å². The molecule has 1 N–H and O–H groups in total. The summed E-state index contributed by atoms with van der Waals surface area (Å²) < 4.78 is 61.9. The second kappa shape index (κ2) is 10.5. The molecule has 1 aromatic heterocycles. The lowest BCUT2D eigenvalue weighted by atomic mass is 10.1. The number of carbonyl (C=O) groups excluding carboxylic acids is 1. The number of hydrogen-bond acceptors (Lipinski definition) is 3. The molecule has 0 unspecified atom stereocenters. The van der Waals surface area contributed by atoms with Crippen LogP contribution in [0.5, 0.6) is 5.75 Å². The van der Waals surface area contributed by atoms with E-state index in [0.29, 0.717) is 16.3 Å². The first-order chi connectivity index (χ1) is 16.7. The number of hydrogen-bond donors (Lipinski definition) is 1. The van der Waals surface area contributed by atoms with Crippen LogP contribution in [0.3, 0.4) is 0 Å². The number of benzene rings is 3. The van der Waals surface area contributed by atoms with Gasteiger partial charge in [0.15, 0.2) is 17.5 Å². The first-order valence-electron chi connectivity index (χ1n) is 10.0. The Morgan fingerprint density at radius 1 is 1.03 bits per heavy atom. The molecule has 0 radical (unpaired) electrons. The Morgan fingerprint density at radius 3 is 2.49 bits per heavy atom. The Hall–Kier alpha value is -3.37. The normalized spacial score (nSPS) is 10.9. The van der Waals surface area contributed by atoms with Crippen molar-refractivity contribution in [1.29, 1.82) is 0 Å². The molecule has 3 aromatic carbocycles. The summed E-state index contributed by atoms with van der Waals surface area (Å²) in [5.41, 5.74) is 0.715. The second-order valence-corrected chi connectivity index (χ2v) is 8.71. The van der Waals surface area contributed by atoms with Gasteiger partial charge in [-0.25, -0.2) is 17.6 Å². The second-order valence-electron chi connectivity index (χ2n) is 7.39. The average molecular weight is 569 g/mol. The van der Waals surface area contributed by atoms with Crippen molar-refractivity contribution in [2.45, 2.75) is 13.2 Å². The fourth-order valence-corrected chi connectivity index (χ4v) is 3.86. The number of anilines is 1. The smallest absolute Gasteiger partial charge is 0.255 e. The zero-order chi connectivity index (χ0) is 25.1. The molecule has 0 aliphatic heterocycles. The SMILES string of the molecule is O=C(Nc1cnn(Cc2c(F)cc(F)c(F)c2F)c1)c1ccc(COc2ccc(Br)cc2Cl)cc1. The van der Waals surface area contributed by atoms with Crippen LogP contribution in [0.25, 0.3) is 0 Å². The Labute approximate surface area is 210 Å². The van der Waals surface area contributed by atoms with Gasteiger partial charge in [-0.05, 0) is 35.9 Å². The van der Waals surface area contributed by atoms with E-state index in [4.69, 9.17) is 16.3 Å². The van der Waals surface area contributed by atoms with Crippen LogP contribution in [0, 0.1) is 23.3 Å². The summed E-state index contributed by atoms with van der Waals surface area (Å²) in [7, 11) is 0. The molecule has 4 rings (SSSR count). The zero-order valence-corrected chi connectivity index (χ0v) is 20.0. The maximum Gasteiger partial charge on any atom is 0.255 e. The quantitative estimate of drug-likeness (QED) is 0.153. The van der Waals surface area contributed by atoms with Crippen molar-refractivity contribution in [1.82, 2.24) is 9.78 Å². The van der Waals surface area contributed by atoms with Gasteiger partial charge >= 0.3 is 0 Å². The summed E-state index contributed by atoms with van der Waals surface area (Å²) >= 11 is 9.46. The fraction of sp³-hybridized carbons (Fsp3) is 0.0833. The molecule has 0 bridgehead atoms. The van der Waals surface area contributed by atoms with Crippen LogP contribution in [-0.4, -0.2) is 15.7 Å². The number of carbonyl (C=O) groups is 1. The van der Waals surface area contributed by atoms with Crippen LogP contribution in [0.4, 0.5) is 23.2 Å². The minimum atomic E-state index is -1.77. The van der Waals surface area contributed by atoms with Gasteiger partial charge in [0.25, 0.3) is 5.91 Å². The number of nitrogens with one attached hydrogen (secondary N) is 1. The fourth-order valence-electron chi connectivity index (χ4n) is 3.13. The minimum Gasteiger partial charge on any atom is -0.487 e. The van der Waals surface area contributed by atoms with Gasteiger partial charge in [0.2, 0.25) is 0 Å². The van der Waals surface area contributed by atoms with Crippen molar-refractivity contribution in [2.24, 2.45) is 0 Å². The molecule has 4 aromatic rings. The third kappa shape index (κ3) is 5.83. The molecule has 180 valence electrons. The molecule has 1 heterocycles. The van der Waals surface area contributed by atoms with E-state index in [1.807, 2.05) is 6.07 Å². The van der Waals surface area contributed by atoms with Gasteiger partial charge in [-0.15, -0.1) is 0 Å². The Bertz CT molecular complexity index is 1400. The van der Waals surface area contributed by atoms with E-state index in [2.05, 4.69) is 26.3 Å². The van der Waals surface area contributed by atoms with E-state index in [1.165, 1.54) is 12.4 Å². The molecule has 11 heteroatoms. The summed E-state index contributed by atoms with van der Waals surface area (Å²) in [5.74, 6) is -6.18. The lowest BCUT2D eigenvalue weighted by Gasteiger charge is -2.09. The minimum absolute atomic E-state index is 0.243. The highest BCUT2D eigenvalue weighted by atomic mass is 79.9. The standard InChI is InChI=1S/C24H15BrClF4N3O2/c25-15-5-6-21(18(26)7-15)35-12-13-1-3-14(4-2-13)24(34)32-16-9-31-33(10-16)11-17-19(27)8-20(28)23(30)22(17)29/h1-10H,11-12H2,(H,32,34). The summed E-state index contributed by atoms with van der Waals surface area (Å²) in [6.45, 7) is -0.255. The van der Waals surface area contributed by atoms with E-state index in [0.717, 1.165) is 14.7 Å². The van der Waals surface area contributed by atoms with Gasteiger partial charge in [-0.3, -0.25) is 9.48 Å². The van der Waals surface area contributed by atoms with Crippen molar-refractivity contribution < 1.29 is 27.1 Å². The highest BCUT2D eigenvalue weighted by Crippen LogP contribution is 2.28. The van der Waals surface area contributed by atoms with Crippen LogP contribution < -0.4 is 10.1 Å². The molecule has 0 fully saturated rings. The lowest BCUT2D eigenvalue weighted by Crippen LogP contribution is -2.12. The molecule has 35 heavy (non-hydrogen) atoms. The lowest BCUT2D eigenvalue weighted by molar-refractivity contribution is 0.102. The first-order valence-corrected chi connectivity index (χ1v) is 11.2. The summed E-state index contributed by atoms with van der Waals surface area (Å²) in [6.07, 6.45) is 2.57. The van der Waals surface area contributed by atoms with E-state index >= 15 is 0 Å². The molecule has 5 nitrogen and oxygen atoms in total. The molecule has 0 spiro atoms. The predicted octanol–water partition coefficient (Wildman–Crippen LogP) is 6.74. The largest absolute Gasteiger partial charge is 0.487 e. The maximum atomic E-state index is 13.9. The van der Waals surface area contributed by atoms with Crippen molar-refractivity contribution >= 4 is 39.1 Å². The number of halogens is 6. The zero-order valence-electron chi connectivity index (χ0n) is 17.7. The Balaban J connectivity index is 1.37. The molecule has 0 aliphatic rings. The van der Waals surface area contributed by atoms with E-state index < -0.39 is 41.3 Å². The van der Waals surface area contributed by atoms with Crippen LogP contribution >= 0.6 is 27.5 Å². The number of aromatic nitrogens is 2. The van der Waals surface area contributed by atoms with Gasteiger partial charge in [0, 0.05) is 27.9 Å². The predicted molar refractivity (Wildman–Crippen MR) is 125 cm³/mol. The van der Waals surface area contributed by atoms with Crippen molar-refractivity contribution in [3.05, 3.63) is 110 Å². The van der Waals surface area contributed by atoms with E-state index in [-0.39, 0.29) is 18.4 Å². The van der Waals surface area contributed by atoms with Crippen LogP contribution in [0.15, 0.2) is 65.4 Å². The molecular formula is C24H15BrClF4N3O2. The van der Waals surface area contributed by atoms with Gasteiger partial charge in [-0.1, -0.05) is 39.7 Å². The van der Waals surface area contributed by atoms with Crippen LogP contribution in [0.1, 0.15) is 21.5 Å². The molecule has 0 aliphatic carbocycles. The molecule has 0 saturated carbocycles. The highest BCUT2D eigenvalue weighted by Gasteiger charge is 2.19. The third-order valence-electron chi connectivity index (χ3n) is 4.92.